The van der Waals surface area contributed by atoms with Gasteiger partial charge in [-0.25, -0.2) is 4.99 Å². The summed E-state index contributed by atoms with van der Waals surface area (Å²) in [5.74, 6) is 2.14. The zero-order valence-electron chi connectivity index (χ0n) is 17.5. The number of aliphatic imine (C=N–C) groups is 1. The van der Waals surface area contributed by atoms with Gasteiger partial charge in [-0.2, -0.15) is 0 Å². The van der Waals surface area contributed by atoms with Gasteiger partial charge in [-0.3, -0.25) is 4.79 Å². The van der Waals surface area contributed by atoms with E-state index in [0.717, 1.165) is 23.4 Å². The summed E-state index contributed by atoms with van der Waals surface area (Å²) in [5.41, 5.74) is 2.89. The van der Waals surface area contributed by atoms with E-state index in [9.17, 15) is 4.79 Å². The van der Waals surface area contributed by atoms with Crippen molar-refractivity contribution in [2.45, 2.75) is 27.3 Å². The summed E-state index contributed by atoms with van der Waals surface area (Å²) in [5, 5.41) is 9.23. The van der Waals surface area contributed by atoms with Gasteiger partial charge in [0.25, 0.3) is 0 Å². The zero-order chi connectivity index (χ0) is 21.1. The van der Waals surface area contributed by atoms with Crippen molar-refractivity contribution in [1.82, 2.24) is 10.6 Å². The number of rotatable bonds is 9. The quantitative estimate of drug-likeness (QED) is 0.343. The minimum Gasteiger partial charge on any atom is -0.496 e. The van der Waals surface area contributed by atoms with Gasteiger partial charge in [0.2, 0.25) is 5.91 Å². The van der Waals surface area contributed by atoms with E-state index in [1.54, 1.807) is 13.2 Å². The van der Waals surface area contributed by atoms with E-state index in [0.29, 0.717) is 37.1 Å². The van der Waals surface area contributed by atoms with Gasteiger partial charge in [-0.05, 0) is 37.6 Å². The molecular weight excluding hydrogens is 368 g/mol. The highest BCUT2D eigenvalue weighted by Crippen LogP contribution is 2.20. The summed E-state index contributed by atoms with van der Waals surface area (Å²) < 4.78 is 11.2. The number of nitrogens with one attached hydrogen (secondary N) is 3. The van der Waals surface area contributed by atoms with Gasteiger partial charge < -0.3 is 25.4 Å². The maximum absolute atomic E-state index is 11.2. The normalized spacial score (nSPS) is 11.0. The van der Waals surface area contributed by atoms with Crippen LogP contribution in [0.15, 0.2) is 47.5 Å². The molecule has 7 nitrogen and oxygen atoms in total. The fourth-order valence-electron chi connectivity index (χ4n) is 2.69. The SMILES string of the molecule is CCNC(=NCc1ccc(C)cc1OC)NCCOc1cccc(NC(C)=O)c1. The van der Waals surface area contributed by atoms with Gasteiger partial charge in [-0.15, -0.1) is 0 Å². The number of methoxy groups -OCH3 is 1. The number of aryl methyl sites for hydroxylation is 1. The Labute approximate surface area is 172 Å². The Hall–Kier alpha value is -3.22. The van der Waals surface area contributed by atoms with Crippen LogP contribution in [0.3, 0.4) is 0 Å². The molecule has 2 aromatic rings. The summed E-state index contributed by atoms with van der Waals surface area (Å²) in [7, 11) is 1.67. The zero-order valence-corrected chi connectivity index (χ0v) is 17.5. The molecule has 7 heteroatoms. The number of hydrogen-bond acceptors (Lipinski definition) is 4. The van der Waals surface area contributed by atoms with Gasteiger partial charge >= 0.3 is 0 Å². The molecule has 0 aliphatic rings. The van der Waals surface area contributed by atoms with Crippen molar-refractivity contribution in [2.75, 3.05) is 32.1 Å². The second kappa shape index (κ2) is 11.6. The minimum atomic E-state index is -0.111. The summed E-state index contributed by atoms with van der Waals surface area (Å²) >= 11 is 0. The third kappa shape index (κ3) is 7.73. The standard InChI is InChI=1S/C22H30N4O3/c1-5-23-22(25-15-18-10-9-16(2)13-21(18)28-4)24-11-12-29-20-8-6-7-19(14-20)26-17(3)27/h6-10,13-14H,5,11-12,15H2,1-4H3,(H,26,27)(H2,23,24,25). The molecule has 0 fully saturated rings. The maximum Gasteiger partial charge on any atom is 0.221 e. The summed E-state index contributed by atoms with van der Waals surface area (Å²) in [6.45, 7) is 7.85. The molecule has 0 saturated heterocycles. The first-order chi connectivity index (χ1) is 14.0. The van der Waals surface area contributed by atoms with Gasteiger partial charge in [0.05, 0.1) is 20.2 Å². The average molecular weight is 399 g/mol. The number of anilines is 1. The summed E-state index contributed by atoms with van der Waals surface area (Å²) in [6, 6.07) is 13.4. The molecule has 0 heterocycles. The number of ether oxygens (including phenoxy) is 2. The molecule has 0 aliphatic heterocycles. The van der Waals surface area contributed by atoms with E-state index in [2.05, 4.69) is 27.0 Å². The largest absolute Gasteiger partial charge is 0.496 e. The lowest BCUT2D eigenvalue weighted by Crippen LogP contribution is -2.39. The van der Waals surface area contributed by atoms with Crippen LogP contribution in [-0.4, -0.2) is 38.7 Å². The van der Waals surface area contributed by atoms with Gasteiger partial charge in [0.1, 0.15) is 18.1 Å². The minimum absolute atomic E-state index is 0.111. The van der Waals surface area contributed by atoms with E-state index < -0.39 is 0 Å². The number of carbonyl (C=O) groups is 1. The predicted molar refractivity (Wildman–Crippen MR) is 117 cm³/mol. The Morgan fingerprint density at radius 3 is 2.69 bits per heavy atom. The fourth-order valence-corrected chi connectivity index (χ4v) is 2.69. The van der Waals surface area contributed by atoms with Crippen LogP contribution in [0.4, 0.5) is 5.69 Å². The molecule has 1 amide bonds. The van der Waals surface area contributed by atoms with E-state index in [4.69, 9.17) is 9.47 Å². The first-order valence-corrected chi connectivity index (χ1v) is 9.68. The molecule has 29 heavy (non-hydrogen) atoms. The van der Waals surface area contributed by atoms with E-state index in [1.165, 1.54) is 6.92 Å². The van der Waals surface area contributed by atoms with Crippen LogP contribution in [0, 0.1) is 6.92 Å². The van der Waals surface area contributed by atoms with Crippen molar-refractivity contribution in [1.29, 1.82) is 0 Å². The average Bonchev–Trinajstić information content (AvgIpc) is 2.69. The molecule has 0 radical (unpaired) electrons. The van der Waals surface area contributed by atoms with Gasteiger partial charge in [0.15, 0.2) is 5.96 Å². The van der Waals surface area contributed by atoms with Gasteiger partial charge in [-0.1, -0.05) is 18.2 Å². The Balaban J connectivity index is 1.88. The molecule has 0 spiro atoms. The summed E-state index contributed by atoms with van der Waals surface area (Å²) in [4.78, 5) is 15.8. The molecular formula is C22H30N4O3. The number of benzene rings is 2. The lowest BCUT2D eigenvalue weighted by Gasteiger charge is -2.13. The molecule has 0 aliphatic carbocycles. The Bertz CT molecular complexity index is 837. The van der Waals surface area contributed by atoms with E-state index in [-0.39, 0.29) is 5.91 Å². The molecule has 0 saturated carbocycles. The second-order valence-corrected chi connectivity index (χ2v) is 6.49. The highest BCUT2D eigenvalue weighted by Gasteiger charge is 2.04. The van der Waals surface area contributed by atoms with Crippen LogP contribution in [0.1, 0.15) is 25.0 Å². The van der Waals surface area contributed by atoms with Crippen LogP contribution in [-0.2, 0) is 11.3 Å². The van der Waals surface area contributed by atoms with Crippen LogP contribution in [0.25, 0.3) is 0 Å². The monoisotopic (exact) mass is 398 g/mol. The summed E-state index contributed by atoms with van der Waals surface area (Å²) in [6.07, 6.45) is 0. The molecule has 2 aromatic carbocycles. The Kier molecular flexibility index (Phi) is 8.82. The van der Waals surface area contributed by atoms with Crippen molar-refractivity contribution in [3.63, 3.8) is 0 Å². The van der Waals surface area contributed by atoms with E-state index in [1.807, 2.05) is 44.2 Å². The molecule has 156 valence electrons. The topological polar surface area (TPSA) is 84.0 Å². The fraction of sp³-hybridized carbons (Fsp3) is 0.364. The molecule has 0 bridgehead atoms. The molecule has 0 aromatic heterocycles. The Morgan fingerprint density at radius 2 is 1.97 bits per heavy atom. The van der Waals surface area contributed by atoms with Crippen molar-refractivity contribution >= 4 is 17.6 Å². The van der Waals surface area contributed by atoms with Crippen molar-refractivity contribution in [2.24, 2.45) is 4.99 Å². The second-order valence-electron chi connectivity index (χ2n) is 6.49. The van der Waals surface area contributed by atoms with Crippen molar-refractivity contribution < 1.29 is 14.3 Å². The number of carbonyl (C=O) groups excluding carboxylic acids is 1. The van der Waals surface area contributed by atoms with Crippen LogP contribution >= 0.6 is 0 Å². The third-order valence-electron chi connectivity index (χ3n) is 4.01. The van der Waals surface area contributed by atoms with Crippen LogP contribution in [0.5, 0.6) is 11.5 Å². The molecule has 2 rings (SSSR count). The lowest BCUT2D eigenvalue weighted by molar-refractivity contribution is -0.114. The van der Waals surface area contributed by atoms with E-state index >= 15 is 0 Å². The Morgan fingerprint density at radius 1 is 1.14 bits per heavy atom. The van der Waals surface area contributed by atoms with Gasteiger partial charge in [0, 0.05) is 30.8 Å². The number of amides is 1. The molecule has 0 unspecified atom stereocenters. The lowest BCUT2D eigenvalue weighted by atomic mass is 10.1. The maximum atomic E-state index is 11.2. The van der Waals surface area contributed by atoms with Crippen LogP contribution in [0.2, 0.25) is 0 Å². The predicted octanol–water partition coefficient (Wildman–Crippen LogP) is 3.10. The van der Waals surface area contributed by atoms with Crippen LogP contribution < -0.4 is 25.4 Å². The smallest absolute Gasteiger partial charge is 0.221 e. The highest BCUT2D eigenvalue weighted by atomic mass is 16.5. The first-order valence-electron chi connectivity index (χ1n) is 9.68. The highest BCUT2D eigenvalue weighted by molar-refractivity contribution is 5.88. The molecule has 0 atom stereocenters. The van der Waals surface area contributed by atoms with Crippen molar-refractivity contribution in [3.8, 4) is 11.5 Å². The molecule has 3 N–H and O–H groups in total. The third-order valence-corrected chi connectivity index (χ3v) is 4.01. The number of guanidine groups is 1. The van der Waals surface area contributed by atoms with Crippen molar-refractivity contribution in [3.05, 3.63) is 53.6 Å². The first kappa shape index (κ1) is 22.1. The number of nitrogens with zero attached hydrogens (tertiary/aromatic N) is 1. The number of hydrogen-bond donors (Lipinski definition) is 3.